The Morgan fingerprint density at radius 1 is 0.952 bits per heavy atom. The van der Waals surface area contributed by atoms with Crippen LogP contribution in [-0.4, -0.2) is 11.3 Å². The van der Waals surface area contributed by atoms with E-state index in [1.165, 1.54) is 55.5 Å². The second kappa shape index (κ2) is 7.09. The minimum atomic E-state index is 0.655. The van der Waals surface area contributed by atoms with E-state index in [2.05, 4.69) is 55.2 Å². The molecule has 0 radical (unpaired) electrons. The molecule has 0 spiro atoms. The molecule has 0 bridgehead atoms. The molecule has 0 heterocycles. The van der Waals surface area contributed by atoms with Gasteiger partial charge in [-0.2, -0.15) is 0 Å². The van der Waals surface area contributed by atoms with E-state index in [-0.39, 0.29) is 0 Å². The molecule has 1 aromatic rings. The van der Waals surface area contributed by atoms with Gasteiger partial charge in [-0.05, 0) is 61.8 Å². The molecule has 1 aromatic carbocycles. The Bertz CT molecular complexity index is 435. The van der Waals surface area contributed by atoms with Gasteiger partial charge in [0.05, 0.1) is 0 Å². The molecule has 0 amide bonds. The summed E-state index contributed by atoms with van der Waals surface area (Å²) in [6.45, 7) is 4.79. The Balaban J connectivity index is 1.56. The number of rotatable bonds is 4. The van der Waals surface area contributed by atoms with Crippen LogP contribution in [0.1, 0.15) is 58.8 Å². The number of nitrogens with one attached hydrogen (secondary N) is 1. The van der Waals surface area contributed by atoms with Crippen molar-refractivity contribution in [3.05, 3.63) is 24.3 Å². The first-order chi connectivity index (χ1) is 10.2. The van der Waals surface area contributed by atoms with Crippen molar-refractivity contribution in [2.75, 3.05) is 5.32 Å². The topological polar surface area (TPSA) is 12.0 Å². The predicted octanol–water partition coefficient (Wildman–Crippen LogP) is 5.96. The molecule has 21 heavy (non-hydrogen) atoms. The van der Waals surface area contributed by atoms with Gasteiger partial charge in [-0.15, -0.1) is 11.8 Å². The maximum atomic E-state index is 3.77. The molecule has 116 valence electrons. The highest BCUT2D eigenvalue weighted by Crippen LogP contribution is 2.35. The molecule has 2 saturated carbocycles. The molecule has 2 aliphatic rings. The van der Waals surface area contributed by atoms with Gasteiger partial charge in [0.15, 0.2) is 0 Å². The van der Waals surface area contributed by atoms with Crippen molar-refractivity contribution >= 4 is 17.4 Å². The molecular formula is C19H29NS. The number of benzene rings is 1. The number of hydrogen-bond acceptors (Lipinski definition) is 2. The third kappa shape index (κ3) is 4.18. The van der Waals surface area contributed by atoms with Crippen molar-refractivity contribution in [2.45, 2.75) is 75.0 Å². The second-order valence-corrected chi connectivity index (χ2v) is 8.57. The van der Waals surface area contributed by atoms with Crippen LogP contribution in [0, 0.1) is 11.8 Å². The summed E-state index contributed by atoms with van der Waals surface area (Å²) in [6, 6.07) is 9.83. The van der Waals surface area contributed by atoms with Crippen molar-refractivity contribution in [3.8, 4) is 0 Å². The second-order valence-electron chi connectivity index (χ2n) is 7.20. The molecule has 3 unspecified atom stereocenters. The molecule has 2 aliphatic carbocycles. The maximum Gasteiger partial charge on any atom is 0.0343 e. The van der Waals surface area contributed by atoms with E-state index in [1.807, 2.05) is 0 Å². The fraction of sp³-hybridized carbons (Fsp3) is 0.684. The van der Waals surface area contributed by atoms with Gasteiger partial charge in [-0.3, -0.25) is 0 Å². The quantitative estimate of drug-likeness (QED) is 0.736. The lowest BCUT2D eigenvalue weighted by Gasteiger charge is -2.34. The Labute approximate surface area is 134 Å². The zero-order chi connectivity index (χ0) is 14.7. The molecule has 1 N–H and O–H groups in total. The molecule has 0 aromatic heterocycles. The predicted molar refractivity (Wildman–Crippen MR) is 94.1 cm³/mol. The molecule has 0 aliphatic heterocycles. The van der Waals surface area contributed by atoms with Crippen LogP contribution >= 0.6 is 11.8 Å². The summed E-state index contributed by atoms with van der Waals surface area (Å²) in [5.41, 5.74) is 1.30. The molecule has 3 rings (SSSR count). The lowest BCUT2D eigenvalue weighted by molar-refractivity contribution is 0.280. The van der Waals surface area contributed by atoms with E-state index in [0.717, 1.165) is 17.1 Å². The summed E-state index contributed by atoms with van der Waals surface area (Å²) in [7, 11) is 0. The largest absolute Gasteiger partial charge is 0.382 e. The van der Waals surface area contributed by atoms with Gasteiger partial charge in [-0.25, -0.2) is 0 Å². The minimum Gasteiger partial charge on any atom is -0.382 e. The lowest BCUT2D eigenvalue weighted by atomic mass is 9.80. The van der Waals surface area contributed by atoms with Crippen LogP contribution in [0.5, 0.6) is 0 Å². The average Bonchev–Trinajstić information content (AvgIpc) is 2.98. The van der Waals surface area contributed by atoms with Crippen LogP contribution < -0.4 is 5.32 Å². The zero-order valence-corrected chi connectivity index (χ0v) is 14.3. The fourth-order valence-corrected chi connectivity index (χ4v) is 5.02. The van der Waals surface area contributed by atoms with E-state index < -0.39 is 0 Å². The van der Waals surface area contributed by atoms with Crippen molar-refractivity contribution in [1.29, 1.82) is 0 Å². The summed E-state index contributed by atoms with van der Waals surface area (Å²) >= 11 is 2.08. The Kier molecular flexibility index (Phi) is 5.15. The van der Waals surface area contributed by atoms with Crippen LogP contribution in [-0.2, 0) is 0 Å². The van der Waals surface area contributed by atoms with Crippen molar-refractivity contribution in [1.82, 2.24) is 0 Å². The third-order valence-corrected chi connectivity index (χ3v) is 6.62. The van der Waals surface area contributed by atoms with E-state index in [9.17, 15) is 0 Å². The highest BCUT2D eigenvalue weighted by Gasteiger charge is 2.25. The van der Waals surface area contributed by atoms with E-state index >= 15 is 0 Å². The van der Waals surface area contributed by atoms with Crippen LogP contribution in [0.4, 0.5) is 5.69 Å². The number of hydrogen-bond donors (Lipinski definition) is 1. The zero-order valence-electron chi connectivity index (χ0n) is 13.5. The molecule has 3 atom stereocenters. The first-order valence-corrected chi connectivity index (χ1v) is 9.62. The molecule has 2 fully saturated rings. The molecule has 1 nitrogen and oxygen atoms in total. The van der Waals surface area contributed by atoms with Gasteiger partial charge in [-0.1, -0.05) is 33.1 Å². The summed E-state index contributed by atoms with van der Waals surface area (Å²) in [5, 5.41) is 4.64. The number of thioether (sulfide) groups is 1. The standard InChI is InChI=1S/C19H29NS/c1-14-7-8-15(2)19(13-14)20-16-9-11-18(12-10-16)21-17-5-3-4-6-17/h9-12,14-15,17,19-20H,3-8,13H2,1-2H3. The van der Waals surface area contributed by atoms with Gasteiger partial charge in [0.25, 0.3) is 0 Å². The maximum absolute atomic E-state index is 3.77. The summed E-state index contributed by atoms with van der Waals surface area (Å²) < 4.78 is 0. The van der Waals surface area contributed by atoms with Gasteiger partial charge in [0, 0.05) is 21.9 Å². The average molecular weight is 304 g/mol. The molecule has 0 saturated heterocycles. The minimum absolute atomic E-state index is 0.655. The molecular weight excluding hydrogens is 274 g/mol. The van der Waals surface area contributed by atoms with Gasteiger partial charge >= 0.3 is 0 Å². The van der Waals surface area contributed by atoms with Crippen molar-refractivity contribution < 1.29 is 0 Å². The third-order valence-electron chi connectivity index (χ3n) is 5.27. The summed E-state index contributed by atoms with van der Waals surface area (Å²) in [5.74, 6) is 1.67. The van der Waals surface area contributed by atoms with Crippen molar-refractivity contribution in [2.24, 2.45) is 11.8 Å². The summed E-state index contributed by atoms with van der Waals surface area (Å²) in [4.78, 5) is 1.44. The Morgan fingerprint density at radius 3 is 2.38 bits per heavy atom. The van der Waals surface area contributed by atoms with Gasteiger partial charge < -0.3 is 5.32 Å². The highest BCUT2D eigenvalue weighted by molar-refractivity contribution is 8.00. The smallest absolute Gasteiger partial charge is 0.0343 e. The van der Waals surface area contributed by atoms with E-state index in [0.29, 0.717) is 6.04 Å². The van der Waals surface area contributed by atoms with Crippen LogP contribution in [0.2, 0.25) is 0 Å². The van der Waals surface area contributed by atoms with Crippen LogP contribution in [0.3, 0.4) is 0 Å². The first kappa shape index (κ1) is 15.3. The Hall–Kier alpha value is -0.630. The number of anilines is 1. The van der Waals surface area contributed by atoms with Gasteiger partial charge in [0.2, 0.25) is 0 Å². The fourth-order valence-electron chi connectivity index (χ4n) is 3.78. The normalized spacial score (nSPS) is 30.5. The monoisotopic (exact) mass is 303 g/mol. The first-order valence-electron chi connectivity index (χ1n) is 8.74. The lowest BCUT2D eigenvalue weighted by Crippen LogP contribution is -2.33. The Morgan fingerprint density at radius 2 is 1.67 bits per heavy atom. The van der Waals surface area contributed by atoms with Crippen LogP contribution in [0.25, 0.3) is 0 Å². The van der Waals surface area contributed by atoms with Crippen LogP contribution in [0.15, 0.2) is 29.2 Å². The summed E-state index contributed by atoms with van der Waals surface area (Å²) in [6.07, 6.45) is 9.75. The van der Waals surface area contributed by atoms with Crippen molar-refractivity contribution in [3.63, 3.8) is 0 Å². The van der Waals surface area contributed by atoms with E-state index in [4.69, 9.17) is 0 Å². The molecule has 2 heteroatoms. The highest BCUT2D eigenvalue weighted by atomic mass is 32.2. The van der Waals surface area contributed by atoms with Gasteiger partial charge in [0.1, 0.15) is 0 Å². The SMILES string of the molecule is CC1CCC(C)C(Nc2ccc(SC3CCCC3)cc2)C1. The van der Waals surface area contributed by atoms with E-state index in [1.54, 1.807) is 0 Å².